The van der Waals surface area contributed by atoms with Gasteiger partial charge in [0.2, 0.25) is 0 Å². The molecule has 0 fully saturated rings. The Morgan fingerprint density at radius 2 is 2.04 bits per heavy atom. The number of aryl methyl sites for hydroxylation is 1. The zero-order chi connectivity index (χ0) is 18.2. The molecule has 3 rings (SSSR count). The summed E-state index contributed by atoms with van der Waals surface area (Å²) in [6.45, 7) is 6.26. The normalized spacial score (nSPS) is 18.0. The second-order valence-electron chi connectivity index (χ2n) is 6.89. The lowest BCUT2D eigenvalue weighted by molar-refractivity contribution is 0.0696. The van der Waals surface area contributed by atoms with Gasteiger partial charge in [0, 0.05) is 22.1 Å². The van der Waals surface area contributed by atoms with Crippen molar-refractivity contribution in [3.8, 4) is 5.75 Å². The first-order valence-corrected chi connectivity index (χ1v) is 9.63. The SMILES string of the molecule is Cc1ccc2c(c1)OC(C)(C)C[C@@H]2NC(=S)Nc1ccc(Br)c(Cl)c1. The summed E-state index contributed by atoms with van der Waals surface area (Å²) in [5, 5.41) is 7.82. The van der Waals surface area contributed by atoms with Crippen LogP contribution in [0.25, 0.3) is 0 Å². The van der Waals surface area contributed by atoms with Crippen molar-refractivity contribution < 1.29 is 4.74 Å². The molecule has 132 valence electrons. The molecule has 0 amide bonds. The average molecular weight is 440 g/mol. The van der Waals surface area contributed by atoms with E-state index in [9.17, 15) is 0 Å². The number of nitrogens with one attached hydrogen (secondary N) is 2. The van der Waals surface area contributed by atoms with E-state index in [1.165, 1.54) is 5.56 Å². The van der Waals surface area contributed by atoms with Crippen LogP contribution in [0.2, 0.25) is 5.02 Å². The predicted molar refractivity (Wildman–Crippen MR) is 112 cm³/mol. The van der Waals surface area contributed by atoms with E-state index in [0.29, 0.717) is 10.1 Å². The van der Waals surface area contributed by atoms with E-state index in [1.54, 1.807) is 0 Å². The van der Waals surface area contributed by atoms with Gasteiger partial charge in [-0.1, -0.05) is 23.7 Å². The van der Waals surface area contributed by atoms with Crippen molar-refractivity contribution in [1.82, 2.24) is 5.32 Å². The van der Waals surface area contributed by atoms with E-state index in [-0.39, 0.29) is 11.6 Å². The lowest BCUT2D eigenvalue weighted by atomic mass is 9.89. The van der Waals surface area contributed by atoms with Gasteiger partial charge in [-0.25, -0.2) is 0 Å². The summed E-state index contributed by atoms with van der Waals surface area (Å²) in [6.07, 6.45) is 0.825. The number of benzene rings is 2. The number of fused-ring (bicyclic) bond motifs is 1. The van der Waals surface area contributed by atoms with Gasteiger partial charge in [0.05, 0.1) is 11.1 Å². The minimum atomic E-state index is -0.255. The van der Waals surface area contributed by atoms with Crippen molar-refractivity contribution in [2.24, 2.45) is 0 Å². The quantitative estimate of drug-likeness (QED) is 0.562. The summed E-state index contributed by atoms with van der Waals surface area (Å²) in [5.41, 5.74) is 2.90. The largest absolute Gasteiger partial charge is 0.487 e. The van der Waals surface area contributed by atoms with Crippen molar-refractivity contribution in [3.63, 3.8) is 0 Å². The predicted octanol–water partition coefficient (Wildman–Crippen LogP) is 6.00. The van der Waals surface area contributed by atoms with Crippen molar-refractivity contribution in [3.05, 3.63) is 57.0 Å². The van der Waals surface area contributed by atoms with Crippen LogP contribution in [0.15, 0.2) is 40.9 Å². The van der Waals surface area contributed by atoms with Crippen LogP contribution in [0.3, 0.4) is 0 Å². The first-order chi connectivity index (χ1) is 11.7. The number of hydrogen-bond donors (Lipinski definition) is 2. The van der Waals surface area contributed by atoms with Crippen LogP contribution in [0, 0.1) is 6.92 Å². The van der Waals surface area contributed by atoms with Gasteiger partial charge in [-0.2, -0.15) is 0 Å². The number of hydrogen-bond acceptors (Lipinski definition) is 2. The lowest BCUT2D eigenvalue weighted by Gasteiger charge is -2.38. The van der Waals surface area contributed by atoms with Gasteiger partial charge in [0.15, 0.2) is 5.11 Å². The molecule has 0 unspecified atom stereocenters. The third-order valence-electron chi connectivity index (χ3n) is 4.11. The number of halogens is 2. The standard InChI is InChI=1S/C19H20BrClN2OS/c1-11-4-6-13-16(10-19(2,3)24-17(13)8-11)23-18(25)22-12-5-7-14(20)15(21)9-12/h4-9,16H,10H2,1-3H3,(H2,22,23,25)/t16-/m0/s1. The topological polar surface area (TPSA) is 33.3 Å². The average Bonchev–Trinajstić information content (AvgIpc) is 2.49. The molecule has 0 aromatic heterocycles. The summed E-state index contributed by atoms with van der Waals surface area (Å²) in [4.78, 5) is 0. The summed E-state index contributed by atoms with van der Waals surface area (Å²) in [6, 6.07) is 12.0. The molecule has 25 heavy (non-hydrogen) atoms. The molecule has 0 saturated carbocycles. The molecule has 1 aliphatic rings. The Kier molecular flexibility index (Phi) is 5.28. The Morgan fingerprint density at radius 1 is 1.28 bits per heavy atom. The van der Waals surface area contributed by atoms with E-state index in [1.807, 2.05) is 18.2 Å². The highest BCUT2D eigenvalue weighted by atomic mass is 79.9. The molecule has 0 bridgehead atoms. The van der Waals surface area contributed by atoms with Gasteiger partial charge in [-0.3, -0.25) is 0 Å². The molecule has 0 aliphatic carbocycles. The third kappa shape index (κ3) is 4.46. The zero-order valence-corrected chi connectivity index (χ0v) is 17.5. The van der Waals surface area contributed by atoms with Gasteiger partial charge in [-0.15, -0.1) is 0 Å². The first kappa shape index (κ1) is 18.5. The molecule has 3 nitrogen and oxygen atoms in total. The maximum absolute atomic E-state index is 6.14. The molecule has 1 heterocycles. The Bertz CT molecular complexity index is 825. The van der Waals surface area contributed by atoms with Crippen molar-refractivity contribution in [2.75, 3.05) is 5.32 Å². The first-order valence-electron chi connectivity index (χ1n) is 8.06. The maximum Gasteiger partial charge on any atom is 0.171 e. The molecule has 2 N–H and O–H groups in total. The Balaban J connectivity index is 1.77. The van der Waals surface area contributed by atoms with Crippen LogP contribution in [-0.4, -0.2) is 10.7 Å². The van der Waals surface area contributed by atoms with E-state index >= 15 is 0 Å². The van der Waals surface area contributed by atoms with Crippen LogP contribution >= 0.6 is 39.7 Å². The molecule has 1 aliphatic heterocycles. The molecular weight excluding hydrogens is 420 g/mol. The second-order valence-corrected chi connectivity index (χ2v) is 8.56. The second kappa shape index (κ2) is 7.14. The fourth-order valence-electron chi connectivity index (χ4n) is 2.99. The highest BCUT2D eigenvalue weighted by Gasteiger charge is 2.34. The van der Waals surface area contributed by atoms with E-state index in [2.05, 4.69) is 65.5 Å². The highest BCUT2D eigenvalue weighted by molar-refractivity contribution is 9.10. The Labute approximate surface area is 167 Å². The van der Waals surface area contributed by atoms with Crippen molar-refractivity contribution in [2.45, 2.75) is 38.8 Å². The highest BCUT2D eigenvalue weighted by Crippen LogP contribution is 2.40. The van der Waals surface area contributed by atoms with Crippen LogP contribution < -0.4 is 15.4 Å². The molecule has 1 atom stereocenters. The van der Waals surface area contributed by atoms with Gasteiger partial charge in [0.1, 0.15) is 11.4 Å². The maximum atomic E-state index is 6.14. The zero-order valence-electron chi connectivity index (χ0n) is 14.3. The van der Waals surface area contributed by atoms with Crippen LogP contribution in [-0.2, 0) is 0 Å². The smallest absolute Gasteiger partial charge is 0.171 e. The van der Waals surface area contributed by atoms with Gasteiger partial charge >= 0.3 is 0 Å². The third-order valence-corrected chi connectivity index (χ3v) is 5.56. The fraction of sp³-hybridized carbons (Fsp3) is 0.316. The Morgan fingerprint density at radius 3 is 2.76 bits per heavy atom. The monoisotopic (exact) mass is 438 g/mol. The van der Waals surface area contributed by atoms with Crippen LogP contribution in [0.1, 0.15) is 37.4 Å². The van der Waals surface area contributed by atoms with Gasteiger partial charge < -0.3 is 15.4 Å². The molecular formula is C19H20BrClN2OS. The number of anilines is 1. The fourth-order valence-corrected chi connectivity index (χ4v) is 3.67. The summed E-state index contributed by atoms with van der Waals surface area (Å²) in [5.74, 6) is 0.920. The molecule has 6 heteroatoms. The molecule has 2 aromatic rings. The van der Waals surface area contributed by atoms with Crippen molar-refractivity contribution in [1.29, 1.82) is 0 Å². The Hall–Kier alpha value is -1.30. The van der Waals surface area contributed by atoms with Crippen molar-refractivity contribution >= 4 is 50.5 Å². The summed E-state index contributed by atoms with van der Waals surface area (Å²) < 4.78 is 6.99. The molecule has 0 spiro atoms. The van der Waals surface area contributed by atoms with E-state index in [4.69, 9.17) is 28.6 Å². The van der Waals surface area contributed by atoms with E-state index in [0.717, 1.165) is 27.9 Å². The van der Waals surface area contributed by atoms with Crippen LogP contribution in [0.4, 0.5) is 5.69 Å². The molecule has 0 radical (unpaired) electrons. The summed E-state index contributed by atoms with van der Waals surface area (Å²) >= 11 is 15.0. The minimum absolute atomic E-state index is 0.0882. The number of rotatable bonds is 2. The number of ether oxygens (including phenoxy) is 1. The lowest BCUT2D eigenvalue weighted by Crippen LogP contribution is -2.42. The van der Waals surface area contributed by atoms with Gasteiger partial charge in [0.25, 0.3) is 0 Å². The minimum Gasteiger partial charge on any atom is -0.487 e. The molecule has 2 aromatic carbocycles. The van der Waals surface area contributed by atoms with Gasteiger partial charge in [-0.05, 0) is 78.7 Å². The van der Waals surface area contributed by atoms with Crippen LogP contribution in [0.5, 0.6) is 5.75 Å². The van der Waals surface area contributed by atoms with E-state index < -0.39 is 0 Å². The molecule has 0 saturated heterocycles. The summed E-state index contributed by atoms with van der Waals surface area (Å²) in [7, 11) is 0. The number of thiocarbonyl (C=S) groups is 1.